The van der Waals surface area contributed by atoms with E-state index in [4.69, 9.17) is 0 Å². The van der Waals surface area contributed by atoms with Gasteiger partial charge in [0.15, 0.2) is 0 Å². The van der Waals surface area contributed by atoms with Crippen molar-refractivity contribution in [1.82, 2.24) is 19.8 Å². The van der Waals surface area contributed by atoms with Gasteiger partial charge in [0.1, 0.15) is 6.04 Å². The van der Waals surface area contributed by atoms with Crippen molar-refractivity contribution in [3.05, 3.63) is 35.9 Å². The molecule has 1 aliphatic rings. The smallest absolute Gasteiger partial charge is 0.343 e. The number of amides is 4. The van der Waals surface area contributed by atoms with Gasteiger partial charge in [-0.05, 0) is 69.5 Å². The second kappa shape index (κ2) is 15.7. The van der Waals surface area contributed by atoms with Crippen molar-refractivity contribution in [2.24, 2.45) is 11.8 Å². The fraction of sp³-hybridized carbons (Fsp3) is 0.600. The molecule has 0 radical (unpaired) electrons. The number of anilines is 1. The highest BCUT2D eigenvalue weighted by Crippen LogP contribution is 2.22. The molecule has 0 unspecified atom stereocenters. The Labute approximate surface area is 263 Å². The summed E-state index contributed by atoms with van der Waals surface area (Å²) in [6, 6.07) is 2.03. The number of likely N-dealkylation sites (tertiary alicyclic amines) is 1. The predicted molar refractivity (Wildman–Crippen MR) is 163 cm³/mol. The second-order valence-electron chi connectivity index (χ2n) is 11.8. The summed E-state index contributed by atoms with van der Waals surface area (Å²) in [5.74, 6) is -4.12. The number of hydrogen-bond acceptors (Lipinski definition) is 7. The Morgan fingerprint density at radius 1 is 1.09 bits per heavy atom. The van der Waals surface area contributed by atoms with Gasteiger partial charge in [-0.2, -0.15) is 13.2 Å². The van der Waals surface area contributed by atoms with Crippen LogP contribution in [0.2, 0.25) is 0 Å². The van der Waals surface area contributed by atoms with E-state index in [1.165, 1.54) is 17.9 Å². The number of benzene rings is 1. The maximum Gasteiger partial charge on any atom is 0.471 e. The SMILES string of the molecule is CC[C@H](C)[C@H](NC(=O)[C@H]1CCCCN1C)C(=O)N(C)[C@H](/C=C(\C)C(=O)NS(=O)(=O)c1ccc(NC(=O)C(F)(F)F)cc1)C(C)C. The monoisotopic (exact) mass is 659 g/mol. The molecule has 15 heteroatoms. The topological polar surface area (TPSA) is 145 Å². The Morgan fingerprint density at radius 3 is 2.20 bits per heavy atom. The van der Waals surface area contributed by atoms with Crippen LogP contribution in [0.25, 0.3) is 0 Å². The van der Waals surface area contributed by atoms with Crippen LogP contribution in [0.5, 0.6) is 0 Å². The molecule has 1 heterocycles. The molecule has 11 nitrogen and oxygen atoms in total. The fourth-order valence-corrected chi connectivity index (χ4v) is 5.99. The summed E-state index contributed by atoms with van der Waals surface area (Å²) in [7, 11) is -0.981. The van der Waals surface area contributed by atoms with Crippen molar-refractivity contribution in [1.29, 1.82) is 0 Å². The summed E-state index contributed by atoms with van der Waals surface area (Å²) in [4.78, 5) is 54.0. The van der Waals surface area contributed by atoms with Gasteiger partial charge in [0.25, 0.3) is 15.9 Å². The standard InChI is InChI=1S/C30H44F3N5O6S/c1-8-19(4)25(35-27(40)23-11-9-10-16-37(23)6)28(41)38(7)24(18(2)3)17-20(5)26(39)36-45(43,44)22-14-12-21(13-15-22)34-29(42)30(31,32)33/h12-15,17-19,23-25H,8-11,16H2,1-7H3,(H,34,42)(H,35,40)(H,36,39)/b20-17+/t19-,23+,24+,25-/m0/s1. The molecule has 4 atom stereocenters. The number of alkyl halides is 3. The van der Waals surface area contributed by atoms with Crippen LogP contribution in [-0.4, -0.2) is 86.8 Å². The van der Waals surface area contributed by atoms with Gasteiger partial charge in [-0.1, -0.05) is 46.6 Å². The van der Waals surface area contributed by atoms with Crippen LogP contribution in [0.3, 0.4) is 0 Å². The Kier molecular flexibility index (Phi) is 13.2. The van der Waals surface area contributed by atoms with Crippen molar-refractivity contribution in [2.45, 2.75) is 89.5 Å². The lowest BCUT2D eigenvalue weighted by atomic mass is 9.94. The van der Waals surface area contributed by atoms with Crippen molar-refractivity contribution < 1.29 is 40.8 Å². The van der Waals surface area contributed by atoms with Crippen LogP contribution in [0.1, 0.15) is 60.3 Å². The lowest BCUT2D eigenvalue weighted by molar-refractivity contribution is -0.167. The van der Waals surface area contributed by atoms with Crippen LogP contribution in [0.15, 0.2) is 40.8 Å². The first-order valence-corrected chi connectivity index (χ1v) is 16.3. The first kappa shape index (κ1) is 37.7. The quantitative estimate of drug-likeness (QED) is 0.292. The summed E-state index contributed by atoms with van der Waals surface area (Å²) in [5, 5.41) is 4.57. The molecule has 1 saturated heterocycles. The van der Waals surface area contributed by atoms with E-state index in [2.05, 4.69) is 5.32 Å². The molecular formula is C30H44F3N5O6S. The van der Waals surface area contributed by atoms with Gasteiger partial charge < -0.3 is 15.5 Å². The van der Waals surface area contributed by atoms with E-state index in [0.717, 1.165) is 43.7 Å². The molecule has 2 rings (SSSR count). The number of rotatable bonds is 12. The zero-order valence-corrected chi connectivity index (χ0v) is 27.5. The molecule has 1 fully saturated rings. The van der Waals surface area contributed by atoms with Crippen LogP contribution in [-0.2, 0) is 29.2 Å². The highest BCUT2D eigenvalue weighted by molar-refractivity contribution is 7.90. The van der Waals surface area contributed by atoms with Gasteiger partial charge in [-0.25, -0.2) is 13.1 Å². The van der Waals surface area contributed by atoms with Gasteiger partial charge in [-0.3, -0.25) is 24.1 Å². The number of carbonyl (C=O) groups is 4. The van der Waals surface area contributed by atoms with E-state index in [1.54, 1.807) is 12.4 Å². The highest BCUT2D eigenvalue weighted by Gasteiger charge is 2.39. The number of nitrogens with zero attached hydrogens (tertiary/aromatic N) is 2. The minimum Gasteiger partial charge on any atom is -0.343 e. The third-order valence-corrected chi connectivity index (χ3v) is 9.36. The normalized spacial score (nSPS) is 18.5. The number of likely N-dealkylation sites (N-methyl/N-ethyl adjacent to an activating group) is 2. The minimum atomic E-state index is -5.12. The van der Waals surface area contributed by atoms with Gasteiger partial charge in [0.05, 0.1) is 17.0 Å². The molecule has 1 aromatic carbocycles. The molecular weight excluding hydrogens is 615 g/mol. The molecule has 4 amide bonds. The highest BCUT2D eigenvalue weighted by atomic mass is 32.2. The van der Waals surface area contributed by atoms with Crippen LogP contribution in [0, 0.1) is 11.8 Å². The lowest BCUT2D eigenvalue weighted by Gasteiger charge is -2.36. The van der Waals surface area contributed by atoms with E-state index >= 15 is 0 Å². The molecule has 0 spiro atoms. The Hall–Kier alpha value is -3.46. The molecule has 0 aliphatic carbocycles. The molecule has 0 bridgehead atoms. The molecule has 1 aromatic rings. The zero-order chi connectivity index (χ0) is 34.3. The number of hydrogen-bond donors (Lipinski definition) is 3. The first-order chi connectivity index (χ1) is 20.8. The van der Waals surface area contributed by atoms with E-state index in [9.17, 15) is 40.8 Å². The molecule has 252 valence electrons. The maximum atomic E-state index is 13.8. The van der Waals surface area contributed by atoms with Gasteiger partial charge in [0, 0.05) is 18.3 Å². The van der Waals surface area contributed by atoms with Gasteiger partial charge in [0.2, 0.25) is 11.8 Å². The molecule has 3 N–H and O–H groups in total. The molecule has 0 saturated carbocycles. The van der Waals surface area contributed by atoms with Crippen molar-refractivity contribution in [3.8, 4) is 0 Å². The van der Waals surface area contributed by atoms with Crippen LogP contribution < -0.4 is 15.4 Å². The van der Waals surface area contributed by atoms with Crippen LogP contribution in [0.4, 0.5) is 18.9 Å². The molecule has 45 heavy (non-hydrogen) atoms. The van der Waals surface area contributed by atoms with E-state index in [-0.39, 0.29) is 41.0 Å². The number of carbonyl (C=O) groups excluding carboxylic acids is 4. The largest absolute Gasteiger partial charge is 0.471 e. The van der Waals surface area contributed by atoms with E-state index < -0.39 is 45.0 Å². The Balaban J connectivity index is 2.20. The van der Waals surface area contributed by atoms with Crippen molar-refractivity contribution in [3.63, 3.8) is 0 Å². The number of nitrogens with one attached hydrogen (secondary N) is 3. The second-order valence-corrected chi connectivity index (χ2v) is 13.5. The Bertz CT molecular complexity index is 1360. The third kappa shape index (κ3) is 10.3. The lowest BCUT2D eigenvalue weighted by Crippen LogP contribution is -2.57. The van der Waals surface area contributed by atoms with Gasteiger partial charge in [-0.15, -0.1) is 0 Å². The average molecular weight is 660 g/mol. The van der Waals surface area contributed by atoms with Gasteiger partial charge >= 0.3 is 12.1 Å². The average Bonchev–Trinajstić information content (AvgIpc) is 2.96. The number of sulfonamides is 1. The maximum absolute atomic E-state index is 13.8. The van der Waals surface area contributed by atoms with Crippen LogP contribution >= 0.6 is 0 Å². The summed E-state index contributed by atoms with van der Waals surface area (Å²) >= 11 is 0. The van der Waals surface area contributed by atoms with Crippen molar-refractivity contribution in [2.75, 3.05) is 26.0 Å². The summed E-state index contributed by atoms with van der Waals surface area (Å²) in [6.07, 6.45) is -0.384. The summed E-state index contributed by atoms with van der Waals surface area (Å²) in [5.41, 5.74) is -0.289. The zero-order valence-electron chi connectivity index (χ0n) is 26.7. The Morgan fingerprint density at radius 2 is 1.69 bits per heavy atom. The number of halogens is 3. The number of piperidine rings is 1. The molecule has 1 aliphatic heterocycles. The summed E-state index contributed by atoms with van der Waals surface area (Å²) < 4.78 is 65.0. The fourth-order valence-electron chi connectivity index (χ4n) is 4.97. The minimum absolute atomic E-state index is 0.000980. The third-order valence-electron chi connectivity index (χ3n) is 8.01. The summed E-state index contributed by atoms with van der Waals surface area (Å²) in [6.45, 7) is 9.65. The van der Waals surface area contributed by atoms with E-state index in [1.807, 2.05) is 44.4 Å². The molecule has 0 aromatic heterocycles. The predicted octanol–water partition coefficient (Wildman–Crippen LogP) is 3.44. The van der Waals surface area contributed by atoms with E-state index in [0.29, 0.717) is 12.8 Å². The van der Waals surface area contributed by atoms with Crippen molar-refractivity contribution >= 4 is 39.3 Å². The first-order valence-electron chi connectivity index (χ1n) is 14.8.